The van der Waals surface area contributed by atoms with Crippen LogP contribution in [0.15, 0.2) is 0 Å². The first-order valence-corrected chi connectivity index (χ1v) is 5.32. The predicted octanol–water partition coefficient (Wildman–Crippen LogP) is 2.23. The highest BCUT2D eigenvalue weighted by Crippen LogP contribution is 2.51. The molecule has 0 aromatic rings. The molecule has 2 heteroatoms. The van der Waals surface area contributed by atoms with Gasteiger partial charge in [-0.25, -0.2) is 0 Å². The van der Waals surface area contributed by atoms with Gasteiger partial charge in [-0.2, -0.15) is 0 Å². The van der Waals surface area contributed by atoms with Crippen LogP contribution in [0.5, 0.6) is 0 Å². The van der Waals surface area contributed by atoms with Crippen LogP contribution in [0.4, 0.5) is 0 Å². The lowest BCUT2D eigenvalue weighted by Gasteiger charge is -2.27. The van der Waals surface area contributed by atoms with E-state index in [1.165, 1.54) is 26.2 Å². The quantitative estimate of drug-likeness (QED) is 0.612. The first kappa shape index (κ1) is 9.04. The summed E-state index contributed by atoms with van der Waals surface area (Å²) in [6.45, 7) is 4.48. The topological polar surface area (TPSA) is 26.3 Å². The van der Waals surface area contributed by atoms with E-state index in [0.717, 1.165) is 17.8 Å². The van der Waals surface area contributed by atoms with Crippen molar-refractivity contribution in [3.05, 3.63) is 0 Å². The van der Waals surface area contributed by atoms with Crippen LogP contribution in [0, 0.1) is 23.7 Å². The highest BCUT2D eigenvalue weighted by Gasteiger charge is 2.45. The fraction of sp³-hybridized carbons (Fsp3) is 0.909. The molecule has 0 N–H and O–H groups in total. The Morgan fingerprint density at radius 3 is 2.62 bits per heavy atom. The van der Waals surface area contributed by atoms with Gasteiger partial charge in [0, 0.05) is 6.92 Å². The summed E-state index contributed by atoms with van der Waals surface area (Å²) in [4.78, 5) is 10.7. The average Bonchev–Trinajstić information content (AvgIpc) is 2.61. The molecular formula is C11H18O2. The summed E-state index contributed by atoms with van der Waals surface area (Å²) in [5.41, 5.74) is 0. The number of hydrogen-bond donors (Lipinski definition) is 0. The van der Waals surface area contributed by atoms with Crippen molar-refractivity contribution in [3.63, 3.8) is 0 Å². The van der Waals surface area contributed by atoms with Gasteiger partial charge in [-0.1, -0.05) is 6.92 Å². The Morgan fingerprint density at radius 2 is 2.08 bits per heavy atom. The van der Waals surface area contributed by atoms with Gasteiger partial charge >= 0.3 is 5.97 Å². The molecule has 0 amide bonds. The minimum Gasteiger partial charge on any atom is -0.466 e. The minimum absolute atomic E-state index is 0.130. The lowest BCUT2D eigenvalue weighted by atomic mass is 9.81. The molecular weight excluding hydrogens is 164 g/mol. The maximum atomic E-state index is 10.7. The molecule has 2 aliphatic carbocycles. The smallest absolute Gasteiger partial charge is 0.302 e. The Balaban J connectivity index is 1.89. The highest BCUT2D eigenvalue weighted by molar-refractivity contribution is 5.65. The van der Waals surface area contributed by atoms with Crippen molar-refractivity contribution in [3.8, 4) is 0 Å². The van der Waals surface area contributed by atoms with E-state index in [0.29, 0.717) is 12.5 Å². The van der Waals surface area contributed by atoms with E-state index in [1.54, 1.807) is 0 Å². The second kappa shape index (κ2) is 3.32. The number of esters is 1. The Kier molecular flexibility index (Phi) is 2.31. The lowest BCUT2D eigenvalue weighted by molar-refractivity contribution is -0.143. The Bertz CT molecular complexity index is 210. The van der Waals surface area contributed by atoms with E-state index in [-0.39, 0.29) is 5.97 Å². The first-order valence-electron chi connectivity index (χ1n) is 5.32. The van der Waals surface area contributed by atoms with Crippen molar-refractivity contribution in [2.45, 2.75) is 33.1 Å². The van der Waals surface area contributed by atoms with Crippen LogP contribution in [-0.2, 0) is 9.53 Å². The average molecular weight is 182 g/mol. The van der Waals surface area contributed by atoms with Crippen LogP contribution < -0.4 is 0 Å². The molecule has 2 aliphatic rings. The van der Waals surface area contributed by atoms with Crippen LogP contribution >= 0.6 is 0 Å². The van der Waals surface area contributed by atoms with Gasteiger partial charge < -0.3 is 4.74 Å². The Labute approximate surface area is 79.7 Å². The number of carbonyl (C=O) groups excluding carboxylic acids is 1. The molecule has 4 atom stereocenters. The summed E-state index contributed by atoms with van der Waals surface area (Å²) in [6.07, 6.45) is 4.15. The summed E-state index contributed by atoms with van der Waals surface area (Å²) in [5.74, 6) is 3.07. The Morgan fingerprint density at radius 1 is 1.38 bits per heavy atom. The molecule has 2 bridgehead atoms. The van der Waals surface area contributed by atoms with Gasteiger partial charge in [-0.05, 0) is 42.9 Å². The number of ether oxygens (including phenoxy) is 1. The third-order valence-corrected chi connectivity index (χ3v) is 4.02. The van der Waals surface area contributed by atoms with Crippen LogP contribution in [0.2, 0.25) is 0 Å². The van der Waals surface area contributed by atoms with Gasteiger partial charge in [0.25, 0.3) is 0 Å². The fourth-order valence-corrected chi connectivity index (χ4v) is 3.20. The number of hydrogen-bond acceptors (Lipinski definition) is 2. The zero-order chi connectivity index (χ0) is 9.42. The zero-order valence-corrected chi connectivity index (χ0v) is 8.45. The van der Waals surface area contributed by atoms with Gasteiger partial charge in [0.15, 0.2) is 0 Å². The largest absolute Gasteiger partial charge is 0.466 e. The summed E-state index contributed by atoms with van der Waals surface area (Å²) >= 11 is 0. The third kappa shape index (κ3) is 1.59. The van der Waals surface area contributed by atoms with E-state index >= 15 is 0 Å². The van der Waals surface area contributed by atoms with Crippen LogP contribution in [0.3, 0.4) is 0 Å². The molecule has 0 heterocycles. The highest BCUT2D eigenvalue weighted by atomic mass is 16.5. The van der Waals surface area contributed by atoms with Gasteiger partial charge in [-0.15, -0.1) is 0 Å². The van der Waals surface area contributed by atoms with Crippen molar-refractivity contribution in [1.82, 2.24) is 0 Å². The van der Waals surface area contributed by atoms with Gasteiger partial charge in [0.2, 0.25) is 0 Å². The standard InChI is InChI=1S/C11H18O2/c1-7-9-3-4-10(5-9)11(7)6-13-8(2)12/h7,9-11H,3-6H2,1-2H3/t7-,9+,10+,11-/m1/s1. The summed E-state index contributed by atoms with van der Waals surface area (Å²) in [6, 6.07) is 0. The SMILES string of the molecule is CC(=O)OC[C@H]1[C@H]2CC[C@@H](C2)[C@H]1C. The predicted molar refractivity (Wildman–Crippen MR) is 50.1 cm³/mol. The van der Waals surface area contributed by atoms with Gasteiger partial charge in [0.05, 0.1) is 6.61 Å². The lowest BCUT2D eigenvalue weighted by Crippen LogP contribution is -2.25. The summed E-state index contributed by atoms with van der Waals surface area (Å²) in [5, 5.41) is 0. The maximum Gasteiger partial charge on any atom is 0.302 e. The van der Waals surface area contributed by atoms with E-state index in [1.807, 2.05) is 0 Å². The third-order valence-electron chi connectivity index (χ3n) is 4.02. The fourth-order valence-electron chi connectivity index (χ4n) is 3.20. The summed E-state index contributed by atoms with van der Waals surface area (Å²) < 4.78 is 5.11. The van der Waals surface area contributed by atoms with Crippen molar-refractivity contribution < 1.29 is 9.53 Å². The van der Waals surface area contributed by atoms with Crippen molar-refractivity contribution in [1.29, 1.82) is 0 Å². The van der Waals surface area contributed by atoms with Crippen LogP contribution in [-0.4, -0.2) is 12.6 Å². The van der Waals surface area contributed by atoms with Crippen LogP contribution in [0.1, 0.15) is 33.1 Å². The number of carbonyl (C=O) groups is 1. The molecule has 0 aromatic carbocycles. The van der Waals surface area contributed by atoms with Crippen molar-refractivity contribution >= 4 is 5.97 Å². The Hall–Kier alpha value is -0.530. The number of fused-ring (bicyclic) bond motifs is 2. The van der Waals surface area contributed by atoms with Crippen molar-refractivity contribution in [2.24, 2.45) is 23.7 Å². The number of rotatable bonds is 2. The molecule has 2 rings (SSSR count). The molecule has 0 aromatic heterocycles. The molecule has 0 spiro atoms. The second-order valence-corrected chi connectivity index (χ2v) is 4.66. The van der Waals surface area contributed by atoms with E-state index in [2.05, 4.69) is 6.92 Å². The zero-order valence-electron chi connectivity index (χ0n) is 8.45. The van der Waals surface area contributed by atoms with E-state index in [4.69, 9.17) is 4.74 Å². The summed E-state index contributed by atoms with van der Waals surface area (Å²) in [7, 11) is 0. The van der Waals surface area contributed by atoms with E-state index in [9.17, 15) is 4.79 Å². The molecule has 0 unspecified atom stereocenters. The first-order chi connectivity index (χ1) is 6.18. The molecule has 2 nitrogen and oxygen atoms in total. The van der Waals surface area contributed by atoms with Gasteiger partial charge in [-0.3, -0.25) is 4.79 Å². The monoisotopic (exact) mass is 182 g/mol. The van der Waals surface area contributed by atoms with Crippen LogP contribution in [0.25, 0.3) is 0 Å². The molecule has 2 fully saturated rings. The molecule has 0 radical (unpaired) electrons. The van der Waals surface area contributed by atoms with E-state index < -0.39 is 0 Å². The molecule has 2 saturated carbocycles. The van der Waals surface area contributed by atoms with Gasteiger partial charge in [0.1, 0.15) is 0 Å². The molecule has 74 valence electrons. The molecule has 0 aliphatic heterocycles. The minimum atomic E-state index is -0.130. The normalized spacial score (nSPS) is 42.3. The van der Waals surface area contributed by atoms with Crippen molar-refractivity contribution in [2.75, 3.05) is 6.61 Å². The molecule has 13 heavy (non-hydrogen) atoms. The second-order valence-electron chi connectivity index (χ2n) is 4.66. The molecule has 0 saturated heterocycles. The maximum absolute atomic E-state index is 10.7.